The van der Waals surface area contributed by atoms with Gasteiger partial charge in [0.1, 0.15) is 10.6 Å². The molecule has 0 N–H and O–H groups in total. The van der Waals surface area contributed by atoms with Gasteiger partial charge in [0.2, 0.25) is 5.88 Å². The lowest BCUT2D eigenvalue weighted by atomic mass is 9.77. The molecule has 1 heterocycles. The predicted octanol–water partition coefficient (Wildman–Crippen LogP) is 5.84. The number of rotatable bonds is 9. The standard InChI is InChI=1S/C27H34N2O5S2/c1-9-29(28-7)26(34-36(31,32)21-12-10-20(33-8)11-13-21)19(4)24(30)22-16-17(2)25-23(18(22)3)27(5,6)14-15-35-25/h10-13,16H,7,9,14-15H2,1-6,8H3/b26-19+. The Labute approximate surface area is 218 Å². The minimum absolute atomic E-state index is 0.0688. The Hall–Kier alpha value is -2.78. The first-order chi connectivity index (χ1) is 16.9. The molecule has 194 valence electrons. The van der Waals surface area contributed by atoms with Crippen LogP contribution in [0.25, 0.3) is 0 Å². The average molecular weight is 531 g/mol. The third kappa shape index (κ3) is 5.32. The Kier molecular flexibility index (Phi) is 8.25. The second-order valence-electron chi connectivity index (χ2n) is 9.38. The third-order valence-corrected chi connectivity index (χ3v) is 8.97. The lowest BCUT2D eigenvalue weighted by molar-refractivity contribution is 0.102. The van der Waals surface area contributed by atoms with Crippen LogP contribution in [-0.2, 0) is 19.7 Å². The lowest BCUT2D eigenvalue weighted by Crippen LogP contribution is -2.27. The van der Waals surface area contributed by atoms with Gasteiger partial charge in [-0.3, -0.25) is 4.79 Å². The van der Waals surface area contributed by atoms with E-state index in [-0.39, 0.29) is 34.1 Å². The lowest BCUT2D eigenvalue weighted by Gasteiger charge is -2.35. The minimum atomic E-state index is -4.26. The number of hydrogen-bond acceptors (Lipinski definition) is 8. The molecule has 0 saturated heterocycles. The zero-order chi connectivity index (χ0) is 26.8. The average Bonchev–Trinajstić information content (AvgIpc) is 2.84. The molecule has 0 bridgehead atoms. The zero-order valence-electron chi connectivity index (χ0n) is 22.0. The molecule has 36 heavy (non-hydrogen) atoms. The van der Waals surface area contributed by atoms with E-state index in [1.54, 1.807) is 13.8 Å². The second kappa shape index (κ2) is 10.7. The Balaban J connectivity index is 2.13. The number of allylic oxidation sites excluding steroid dienone is 1. The number of thioether (sulfide) groups is 1. The van der Waals surface area contributed by atoms with Crippen molar-refractivity contribution in [2.75, 3.05) is 19.4 Å². The van der Waals surface area contributed by atoms with Crippen LogP contribution in [-0.4, -0.2) is 45.3 Å². The largest absolute Gasteiger partial charge is 0.497 e. The fraction of sp³-hybridized carbons (Fsp3) is 0.407. The Bertz CT molecular complexity index is 1310. The number of ether oxygens (including phenoxy) is 1. The van der Waals surface area contributed by atoms with Crippen molar-refractivity contribution in [1.29, 1.82) is 0 Å². The van der Waals surface area contributed by atoms with Crippen LogP contribution in [0.2, 0.25) is 0 Å². The van der Waals surface area contributed by atoms with Gasteiger partial charge in [-0.15, -0.1) is 11.8 Å². The van der Waals surface area contributed by atoms with Crippen LogP contribution in [0.3, 0.4) is 0 Å². The van der Waals surface area contributed by atoms with E-state index in [1.807, 2.05) is 31.7 Å². The summed E-state index contributed by atoms with van der Waals surface area (Å²) in [4.78, 5) is 15.0. The quantitative estimate of drug-likeness (QED) is 0.100. The Morgan fingerprint density at radius 2 is 1.86 bits per heavy atom. The summed E-state index contributed by atoms with van der Waals surface area (Å²) in [6.07, 6.45) is 1.01. The molecule has 9 heteroatoms. The number of aryl methyl sites for hydroxylation is 1. The van der Waals surface area contributed by atoms with Crippen LogP contribution in [0.1, 0.15) is 61.2 Å². The van der Waals surface area contributed by atoms with Gasteiger partial charge in [0.15, 0.2) is 5.78 Å². The molecule has 0 aliphatic carbocycles. The topological polar surface area (TPSA) is 85.3 Å². The van der Waals surface area contributed by atoms with Gasteiger partial charge in [0.05, 0.1) is 12.7 Å². The summed E-state index contributed by atoms with van der Waals surface area (Å²) in [5.41, 5.74) is 3.71. The monoisotopic (exact) mass is 530 g/mol. The molecular formula is C27H34N2O5S2. The highest BCUT2D eigenvalue weighted by atomic mass is 32.2. The molecule has 0 radical (unpaired) electrons. The molecule has 2 aromatic rings. The van der Waals surface area contributed by atoms with Crippen molar-refractivity contribution in [3.8, 4) is 5.75 Å². The molecule has 7 nitrogen and oxygen atoms in total. The van der Waals surface area contributed by atoms with E-state index >= 15 is 0 Å². The fourth-order valence-electron chi connectivity index (χ4n) is 4.46. The maximum Gasteiger partial charge on any atom is 0.340 e. The first-order valence-corrected chi connectivity index (χ1v) is 14.1. The molecule has 1 aliphatic rings. The highest BCUT2D eigenvalue weighted by Gasteiger charge is 2.34. The van der Waals surface area contributed by atoms with Gasteiger partial charge in [-0.1, -0.05) is 13.8 Å². The van der Waals surface area contributed by atoms with Crippen molar-refractivity contribution >= 4 is 34.4 Å². The number of fused-ring (bicyclic) bond motifs is 1. The zero-order valence-corrected chi connectivity index (χ0v) is 23.6. The SMILES string of the molecule is C=NN(CC)/C(OS(=O)(=O)c1ccc(OC)cc1)=C(/C)C(=O)c1cc(C)c2c(c1C)C(C)(C)CCS2. The van der Waals surface area contributed by atoms with E-state index in [0.717, 1.165) is 23.3 Å². The van der Waals surface area contributed by atoms with E-state index in [2.05, 4.69) is 25.7 Å². The first-order valence-electron chi connectivity index (χ1n) is 11.7. The van der Waals surface area contributed by atoms with Gasteiger partial charge in [-0.05, 0) is 92.3 Å². The molecule has 0 atom stereocenters. The number of hydrazone groups is 1. The van der Waals surface area contributed by atoms with Gasteiger partial charge < -0.3 is 8.92 Å². The first kappa shape index (κ1) is 27.8. The van der Waals surface area contributed by atoms with Gasteiger partial charge in [-0.25, -0.2) is 5.01 Å². The van der Waals surface area contributed by atoms with Crippen molar-refractivity contribution in [1.82, 2.24) is 5.01 Å². The molecule has 3 rings (SSSR count). The van der Waals surface area contributed by atoms with Gasteiger partial charge in [0, 0.05) is 23.7 Å². The smallest absolute Gasteiger partial charge is 0.340 e. The van der Waals surface area contributed by atoms with Gasteiger partial charge in [0.25, 0.3) is 0 Å². The summed E-state index contributed by atoms with van der Waals surface area (Å²) in [6.45, 7) is 15.5. The van der Waals surface area contributed by atoms with Crippen molar-refractivity contribution in [2.24, 2.45) is 5.10 Å². The molecule has 0 aromatic heterocycles. The third-order valence-electron chi connectivity index (χ3n) is 6.52. The van der Waals surface area contributed by atoms with Crippen LogP contribution in [0.4, 0.5) is 0 Å². The van der Waals surface area contributed by atoms with E-state index < -0.39 is 10.1 Å². The van der Waals surface area contributed by atoms with E-state index in [1.165, 1.54) is 46.8 Å². The molecule has 1 aliphatic heterocycles. The number of carbonyl (C=O) groups is 1. The molecular weight excluding hydrogens is 496 g/mol. The van der Waals surface area contributed by atoms with Crippen LogP contribution in [0.15, 0.2) is 56.7 Å². The van der Waals surface area contributed by atoms with E-state index in [0.29, 0.717) is 11.3 Å². The van der Waals surface area contributed by atoms with E-state index in [9.17, 15) is 13.2 Å². The Morgan fingerprint density at radius 3 is 2.42 bits per heavy atom. The molecule has 0 fully saturated rings. The molecule has 2 aromatic carbocycles. The summed E-state index contributed by atoms with van der Waals surface area (Å²) >= 11 is 1.82. The summed E-state index contributed by atoms with van der Waals surface area (Å²) in [5.74, 6) is 1.06. The van der Waals surface area contributed by atoms with Crippen molar-refractivity contribution < 1.29 is 22.1 Å². The number of benzene rings is 2. The number of hydrogen-bond donors (Lipinski definition) is 0. The van der Waals surface area contributed by atoms with E-state index in [4.69, 9.17) is 8.92 Å². The van der Waals surface area contributed by atoms with Crippen LogP contribution >= 0.6 is 11.8 Å². The molecule has 0 amide bonds. The van der Waals surface area contributed by atoms with Gasteiger partial charge in [-0.2, -0.15) is 13.5 Å². The van der Waals surface area contributed by atoms with Crippen LogP contribution < -0.4 is 4.74 Å². The van der Waals surface area contributed by atoms with Crippen LogP contribution in [0, 0.1) is 13.8 Å². The highest BCUT2D eigenvalue weighted by Crippen LogP contribution is 2.46. The molecule has 0 saturated carbocycles. The Morgan fingerprint density at radius 1 is 1.22 bits per heavy atom. The maximum atomic E-state index is 13.9. The number of carbonyl (C=O) groups excluding carboxylic acids is 1. The number of Topliss-reactive ketones (excluding diaryl/α,β-unsaturated/α-hetero) is 1. The molecule has 0 spiro atoms. The van der Waals surface area contributed by atoms with Gasteiger partial charge >= 0.3 is 10.1 Å². The molecule has 0 unspecified atom stereocenters. The maximum absolute atomic E-state index is 13.9. The normalized spacial score (nSPS) is 15.4. The summed E-state index contributed by atoms with van der Waals surface area (Å²) < 4.78 is 36.9. The summed E-state index contributed by atoms with van der Waals surface area (Å²) in [6, 6.07) is 7.72. The van der Waals surface area contributed by atoms with Crippen molar-refractivity contribution in [3.63, 3.8) is 0 Å². The number of methoxy groups -OCH3 is 1. The predicted molar refractivity (Wildman–Crippen MR) is 145 cm³/mol. The second-order valence-corrected chi connectivity index (χ2v) is 12.0. The highest BCUT2D eigenvalue weighted by molar-refractivity contribution is 7.99. The minimum Gasteiger partial charge on any atom is -0.497 e. The van der Waals surface area contributed by atoms with Crippen molar-refractivity contribution in [2.45, 2.75) is 63.2 Å². The number of ketones is 1. The van der Waals surface area contributed by atoms with Crippen molar-refractivity contribution in [3.05, 3.63) is 64.0 Å². The summed E-state index contributed by atoms with van der Waals surface area (Å²) in [5, 5.41) is 5.18. The van der Waals surface area contributed by atoms with Crippen LogP contribution in [0.5, 0.6) is 5.75 Å². The fourth-order valence-corrected chi connectivity index (χ4v) is 7.12. The summed E-state index contributed by atoms with van der Waals surface area (Å²) in [7, 11) is -2.77. The number of nitrogens with zero attached hydrogens (tertiary/aromatic N) is 2.